The molecule has 1 heterocycles. The Kier molecular flexibility index (Phi) is 6.07. The van der Waals surface area contributed by atoms with E-state index in [0.29, 0.717) is 5.75 Å². The number of carbonyl (C=O) groups excluding carboxylic acids is 1. The van der Waals surface area contributed by atoms with Gasteiger partial charge in [-0.2, -0.15) is 0 Å². The number of nitrogens with one attached hydrogen (secondary N) is 1. The summed E-state index contributed by atoms with van der Waals surface area (Å²) in [7, 11) is 0. The number of anilines is 1. The van der Waals surface area contributed by atoms with Gasteiger partial charge in [-0.15, -0.1) is 0 Å². The predicted octanol–water partition coefficient (Wildman–Crippen LogP) is 4.61. The van der Waals surface area contributed by atoms with Crippen molar-refractivity contribution in [3.63, 3.8) is 0 Å². The molecule has 3 nitrogen and oxygen atoms in total. The molecule has 118 valence electrons. The summed E-state index contributed by atoms with van der Waals surface area (Å²) in [5, 5.41) is 3.01. The number of rotatable bonds is 5. The molecule has 0 fully saturated rings. The summed E-state index contributed by atoms with van der Waals surface area (Å²) in [5.74, 6) is 1.43. The molecule has 0 aromatic heterocycles. The number of hydrogen-bond acceptors (Lipinski definition) is 5. The third-order valence-electron chi connectivity index (χ3n) is 3.02. The van der Waals surface area contributed by atoms with Crippen LogP contribution in [0.5, 0.6) is 0 Å². The molecule has 6 heteroatoms. The first-order valence-corrected chi connectivity index (χ1v) is 10.0. The summed E-state index contributed by atoms with van der Waals surface area (Å²) >= 11 is 4.89. The zero-order valence-corrected chi connectivity index (χ0v) is 14.8. The molecule has 1 aliphatic rings. The molecule has 0 radical (unpaired) electrons. The monoisotopic (exact) mass is 360 g/mol. The van der Waals surface area contributed by atoms with Gasteiger partial charge in [0.1, 0.15) is 4.38 Å². The van der Waals surface area contributed by atoms with Crippen molar-refractivity contribution in [3.05, 3.63) is 54.6 Å². The second-order valence-electron chi connectivity index (χ2n) is 4.74. The molecular formula is C17H16N2OS3. The van der Waals surface area contributed by atoms with Gasteiger partial charge in [-0.1, -0.05) is 65.6 Å². The highest BCUT2D eigenvalue weighted by atomic mass is 32.2. The van der Waals surface area contributed by atoms with Crippen molar-refractivity contribution in [1.82, 2.24) is 0 Å². The van der Waals surface area contributed by atoms with Crippen LogP contribution >= 0.6 is 35.3 Å². The van der Waals surface area contributed by atoms with E-state index in [2.05, 4.69) is 22.4 Å². The number of para-hydroxylation sites is 1. The normalized spacial score (nSPS) is 13.7. The Balaban J connectivity index is 1.62. The topological polar surface area (TPSA) is 41.5 Å². The van der Waals surface area contributed by atoms with Crippen LogP contribution in [-0.4, -0.2) is 28.3 Å². The van der Waals surface area contributed by atoms with Gasteiger partial charge in [-0.05, 0) is 24.3 Å². The highest BCUT2D eigenvalue weighted by Gasteiger charge is 2.12. The Hall–Kier alpha value is -1.37. The van der Waals surface area contributed by atoms with E-state index in [1.807, 2.05) is 42.5 Å². The van der Waals surface area contributed by atoms with Crippen molar-refractivity contribution in [2.24, 2.45) is 4.99 Å². The van der Waals surface area contributed by atoms with Crippen LogP contribution in [0.1, 0.15) is 0 Å². The molecule has 1 aliphatic heterocycles. The minimum Gasteiger partial charge on any atom is -0.324 e. The summed E-state index contributed by atoms with van der Waals surface area (Å²) < 4.78 is 1.02. The van der Waals surface area contributed by atoms with Crippen LogP contribution < -0.4 is 5.32 Å². The highest BCUT2D eigenvalue weighted by molar-refractivity contribution is 8.39. The molecule has 0 spiro atoms. The number of carbonyl (C=O) groups is 1. The maximum absolute atomic E-state index is 12.2. The van der Waals surface area contributed by atoms with Crippen LogP contribution in [0.15, 0.2) is 69.4 Å². The number of nitrogens with zero attached hydrogens (tertiary/aromatic N) is 1. The zero-order chi connectivity index (χ0) is 15.9. The van der Waals surface area contributed by atoms with E-state index in [-0.39, 0.29) is 5.91 Å². The molecule has 2 aromatic rings. The van der Waals surface area contributed by atoms with Gasteiger partial charge in [0, 0.05) is 15.5 Å². The minimum atomic E-state index is 0.00584. The fourth-order valence-corrected chi connectivity index (χ4v) is 4.72. The summed E-state index contributed by atoms with van der Waals surface area (Å²) in [4.78, 5) is 18.7. The third-order valence-corrected chi connectivity index (χ3v) is 6.35. The number of benzene rings is 2. The molecular weight excluding hydrogens is 344 g/mol. The number of hydrogen-bond donors (Lipinski definition) is 1. The lowest BCUT2D eigenvalue weighted by Crippen LogP contribution is -2.15. The van der Waals surface area contributed by atoms with Gasteiger partial charge in [0.05, 0.1) is 18.0 Å². The SMILES string of the molecule is O=C(CSC1=NCCS1)Nc1ccccc1Sc1ccccc1. The average Bonchev–Trinajstić information content (AvgIpc) is 3.09. The Morgan fingerprint density at radius 1 is 1.13 bits per heavy atom. The lowest BCUT2D eigenvalue weighted by atomic mass is 10.3. The van der Waals surface area contributed by atoms with Crippen molar-refractivity contribution in [2.45, 2.75) is 9.79 Å². The maximum Gasteiger partial charge on any atom is 0.234 e. The van der Waals surface area contributed by atoms with E-state index < -0.39 is 0 Å². The standard InChI is InChI=1S/C17H16N2OS3/c20-16(12-22-17-18-10-11-21-17)19-14-8-4-5-9-15(14)23-13-6-2-1-3-7-13/h1-9H,10-12H2,(H,19,20). The molecule has 0 saturated heterocycles. The summed E-state index contributed by atoms with van der Waals surface area (Å²) in [6.07, 6.45) is 0. The molecule has 0 bridgehead atoms. The van der Waals surface area contributed by atoms with E-state index in [0.717, 1.165) is 32.2 Å². The fraction of sp³-hybridized carbons (Fsp3) is 0.176. The van der Waals surface area contributed by atoms with Crippen LogP contribution in [-0.2, 0) is 4.79 Å². The quantitative estimate of drug-likeness (QED) is 0.845. The third kappa shape index (κ3) is 5.06. The molecule has 0 aliphatic carbocycles. The van der Waals surface area contributed by atoms with Gasteiger partial charge in [0.2, 0.25) is 5.91 Å². The van der Waals surface area contributed by atoms with Crippen molar-refractivity contribution in [3.8, 4) is 0 Å². The molecule has 23 heavy (non-hydrogen) atoms. The zero-order valence-electron chi connectivity index (χ0n) is 12.4. The molecule has 0 unspecified atom stereocenters. The summed E-state index contributed by atoms with van der Waals surface area (Å²) in [6.45, 7) is 0.866. The Morgan fingerprint density at radius 2 is 1.91 bits per heavy atom. The van der Waals surface area contributed by atoms with Crippen molar-refractivity contribution in [1.29, 1.82) is 0 Å². The average molecular weight is 361 g/mol. The largest absolute Gasteiger partial charge is 0.324 e. The van der Waals surface area contributed by atoms with Crippen molar-refractivity contribution >= 4 is 51.3 Å². The summed E-state index contributed by atoms with van der Waals surface area (Å²) in [6, 6.07) is 18.0. The van der Waals surface area contributed by atoms with Gasteiger partial charge >= 0.3 is 0 Å². The lowest BCUT2D eigenvalue weighted by Gasteiger charge is -2.10. The van der Waals surface area contributed by atoms with Crippen LogP contribution in [0, 0.1) is 0 Å². The van der Waals surface area contributed by atoms with Crippen LogP contribution in [0.25, 0.3) is 0 Å². The van der Waals surface area contributed by atoms with E-state index in [1.54, 1.807) is 23.5 Å². The maximum atomic E-state index is 12.2. The summed E-state index contributed by atoms with van der Waals surface area (Å²) in [5.41, 5.74) is 0.855. The van der Waals surface area contributed by atoms with Crippen LogP contribution in [0.4, 0.5) is 5.69 Å². The number of amides is 1. The first-order valence-electron chi connectivity index (χ1n) is 7.23. The Morgan fingerprint density at radius 3 is 2.70 bits per heavy atom. The molecule has 0 atom stereocenters. The van der Waals surface area contributed by atoms with Crippen molar-refractivity contribution < 1.29 is 4.79 Å². The fourth-order valence-electron chi connectivity index (χ4n) is 1.99. The van der Waals surface area contributed by atoms with Gasteiger partial charge in [-0.25, -0.2) is 0 Å². The Labute approximate surface area is 148 Å². The van der Waals surface area contributed by atoms with Crippen molar-refractivity contribution in [2.75, 3.05) is 23.4 Å². The first kappa shape index (κ1) is 16.5. The van der Waals surface area contributed by atoms with Gasteiger partial charge < -0.3 is 5.32 Å². The van der Waals surface area contributed by atoms with Gasteiger partial charge in [0.25, 0.3) is 0 Å². The van der Waals surface area contributed by atoms with Gasteiger partial charge in [-0.3, -0.25) is 9.79 Å². The molecule has 2 aromatic carbocycles. The molecule has 3 rings (SSSR count). The number of thioether (sulfide) groups is 2. The van der Waals surface area contributed by atoms with Gasteiger partial charge in [0.15, 0.2) is 0 Å². The van der Waals surface area contributed by atoms with Crippen LogP contribution in [0.3, 0.4) is 0 Å². The second-order valence-corrected chi connectivity index (χ2v) is 8.17. The minimum absolute atomic E-state index is 0.00584. The van der Waals surface area contributed by atoms with E-state index in [1.165, 1.54) is 11.8 Å². The second kappa shape index (κ2) is 8.47. The van der Waals surface area contributed by atoms with E-state index in [9.17, 15) is 4.79 Å². The predicted molar refractivity (Wildman–Crippen MR) is 103 cm³/mol. The molecule has 1 N–H and O–H groups in total. The molecule has 1 amide bonds. The Bertz CT molecular complexity index is 704. The van der Waals surface area contributed by atoms with E-state index in [4.69, 9.17) is 0 Å². The molecule has 0 saturated carbocycles. The van der Waals surface area contributed by atoms with E-state index >= 15 is 0 Å². The smallest absolute Gasteiger partial charge is 0.234 e. The first-order chi connectivity index (χ1) is 11.3. The number of aliphatic imine (C=N–C) groups is 1. The van der Waals surface area contributed by atoms with Crippen LogP contribution in [0.2, 0.25) is 0 Å². The lowest BCUT2D eigenvalue weighted by molar-refractivity contribution is -0.113. The highest BCUT2D eigenvalue weighted by Crippen LogP contribution is 2.33.